The van der Waals surface area contributed by atoms with Gasteiger partial charge in [0.05, 0.1) is 12.2 Å². The molecule has 0 saturated heterocycles. The Morgan fingerprint density at radius 1 is 1.21 bits per heavy atom. The first-order valence-corrected chi connectivity index (χ1v) is 9.25. The predicted octanol–water partition coefficient (Wildman–Crippen LogP) is 3.27. The molecule has 0 aliphatic carbocycles. The van der Waals surface area contributed by atoms with E-state index in [0.29, 0.717) is 23.8 Å². The Labute approximate surface area is 166 Å². The average Bonchev–Trinajstić information content (AvgIpc) is 3.35. The average molecular weight is 400 g/mol. The molecule has 0 unspecified atom stereocenters. The van der Waals surface area contributed by atoms with Crippen molar-refractivity contribution >= 4 is 35.1 Å². The van der Waals surface area contributed by atoms with Crippen molar-refractivity contribution in [2.75, 3.05) is 16.8 Å². The van der Waals surface area contributed by atoms with Crippen LogP contribution >= 0.6 is 11.6 Å². The second-order valence-corrected chi connectivity index (χ2v) is 6.98. The zero-order valence-electron chi connectivity index (χ0n) is 15.2. The van der Waals surface area contributed by atoms with Crippen molar-refractivity contribution in [2.45, 2.75) is 26.3 Å². The highest BCUT2D eigenvalue weighted by Gasteiger charge is 2.26. The van der Waals surface area contributed by atoms with Gasteiger partial charge in [0.25, 0.3) is 0 Å². The summed E-state index contributed by atoms with van der Waals surface area (Å²) in [6.45, 7) is 3.14. The third-order valence-electron chi connectivity index (χ3n) is 4.45. The van der Waals surface area contributed by atoms with Crippen LogP contribution in [0.15, 0.2) is 40.9 Å². The second kappa shape index (κ2) is 7.47. The van der Waals surface area contributed by atoms with Crippen LogP contribution in [-0.4, -0.2) is 33.3 Å². The third-order valence-corrected chi connectivity index (χ3v) is 4.69. The van der Waals surface area contributed by atoms with Crippen LogP contribution in [0.3, 0.4) is 0 Å². The smallest absolute Gasteiger partial charge is 0.231 e. The number of nitrogens with zero attached hydrogens (tertiary/aromatic N) is 4. The Morgan fingerprint density at radius 3 is 2.89 bits per heavy atom. The number of fused-ring (bicyclic) bond motifs is 1. The molecular weight excluding hydrogens is 382 g/mol. The van der Waals surface area contributed by atoms with Crippen molar-refractivity contribution in [3.05, 3.63) is 47.1 Å². The molecule has 2 aromatic heterocycles. The van der Waals surface area contributed by atoms with E-state index >= 15 is 0 Å². The number of amides is 2. The Hall–Kier alpha value is -3.13. The van der Waals surface area contributed by atoms with E-state index in [-0.39, 0.29) is 30.5 Å². The fourth-order valence-corrected chi connectivity index (χ4v) is 3.34. The summed E-state index contributed by atoms with van der Waals surface area (Å²) in [7, 11) is 0. The van der Waals surface area contributed by atoms with Crippen LogP contribution in [0.5, 0.6) is 0 Å². The summed E-state index contributed by atoms with van der Waals surface area (Å²) in [5.74, 6) is 0.587. The quantitative estimate of drug-likeness (QED) is 0.710. The molecule has 144 valence electrons. The molecule has 0 radical (unpaired) electrons. The summed E-state index contributed by atoms with van der Waals surface area (Å²) in [5.41, 5.74) is 2.22. The van der Waals surface area contributed by atoms with Gasteiger partial charge in [0.2, 0.25) is 17.7 Å². The number of nitrogens with one attached hydrogen (secondary N) is 1. The molecule has 0 fully saturated rings. The minimum absolute atomic E-state index is 0.0512. The summed E-state index contributed by atoms with van der Waals surface area (Å²) in [4.78, 5) is 26.3. The summed E-state index contributed by atoms with van der Waals surface area (Å²) < 4.78 is 6.96. The van der Waals surface area contributed by atoms with Gasteiger partial charge in [-0.2, -0.15) is 5.10 Å². The highest BCUT2D eigenvalue weighted by atomic mass is 35.5. The van der Waals surface area contributed by atoms with E-state index in [4.69, 9.17) is 16.1 Å². The number of halogens is 1. The number of aromatic nitrogens is 3. The largest absolute Gasteiger partial charge is 0.338 e. The van der Waals surface area contributed by atoms with Gasteiger partial charge in [-0.25, -0.2) is 4.68 Å². The monoisotopic (exact) mass is 399 g/mol. The fourth-order valence-electron chi connectivity index (χ4n) is 3.15. The topological polar surface area (TPSA) is 93.3 Å². The zero-order chi connectivity index (χ0) is 19.7. The van der Waals surface area contributed by atoms with E-state index < -0.39 is 0 Å². The predicted molar refractivity (Wildman–Crippen MR) is 104 cm³/mol. The van der Waals surface area contributed by atoms with Gasteiger partial charge in [-0.15, -0.1) is 0 Å². The number of aryl methyl sites for hydroxylation is 1. The van der Waals surface area contributed by atoms with Gasteiger partial charge in [0.1, 0.15) is 11.5 Å². The first-order chi connectivity index (χ1) is 13.5. The van der Waals surface area contributed by atoms with Crippen molar-refractivity contribution in [3.8, 4) is 11.3 Å². The minimum atomic E-state index is -0.314. The van der Waals surface area contributed by atoms with Gasteiger partial charge in [0.15, 0.2) is 0 Å². The van der Waals surface area contributed by atoms with Crippen LogP contribution in [0.4, 0.5) is 11.7 Å². The molecule has 9 heteroatoms. The lowest BCUT2D eigenvalue weighted by Crippen LogP contribution is -2.29. The molecule has 8 nitrogen and oxygen atoms in total. The maximum absolute atomic E-state index is 12.5. The molecular formula is C19H18ClN5O3. The van der Waals surface area contributed by atoms with Crippen LogP contribution in [0.2, 0.25) is 5.02 Å². The standard InChI is InChI=1S/C19H18ClN5O3/c1-12-9-18-24(7-8-25(18)22-12)19(27)6-5-16(26)21-17-11-15(23-28-17)13-3-2-4-14(20)10-13/h2-4,9-11H,5-8H2,1H3,(H,21,26). The fraction of sp³-hybridized carbons (Fsp3) is 0.263. The molecule has 0 bridgehead atoms. The summed E-state index contributed by atoms with van der Waals surface area (Å²) in [6, 6.07) is 10.7. The van der Waals surface area contributed by atoms with E-state index in [9.17, 15) is 9.59 Å². The molecule has 1 aliphatic heterocycles. The molecule has 1 N–H and O–H groups in total. The van der Waals surface area contributed by atoms with E-state index in [1.807, 2.05) is 25.1 Å². The third kappa shape index (κ3) is 3.77. The van der Waals surface area contributed by atoms with Crippen molar-refractivity contribution in [2.24, 2.45) is 0 Å². The van der Waals surface area contributed by atoms with Gasteiger partial charge < -0.3 is 4.52 Å². The van der Waals surface area contributed by atoms with E-state index in [1.165, 1.54) is 0 Å². The molecule has 0 saturated carbocycles. The van der Waals surface area contributed by atoms with Crippen LogP contribution in [-0.2, 0) is 16.1 Å². The van der Waals surface area contributed by atoms with E-state index in [0.717, 1.165) is 17.1 Å². The Kier molecular flexibility index (Phi) is 4.87. The molecule has 4 rings (SSSR count). The second-order valence-electron chi connectivity index (χ2n) is 6.55. The lowest BCUT2D eigenvalue weighted by molar-refractivity contribution is -0.122. The van der Waals surface area contributed by atoms with Gasteiger partial charge in [0, 0.05) is 42.1 Å². The van der Waals surface area contributed by atoms with Gasteiger partial charge >= 0.3 is 0 Å². The van der Waals surface area contributed by atoms with Gasteiger partial charge in [-0.05, 0) is 19.1 Å². The first kappa shape index (κ1) is 18.2. The van der Waals surface area contributed by atoms with Gasteiger partial charge in [-0.3, -0.25) is 19.8 Å². The highest BCUT2D eigenvalue weighted by molar-refractivity contribution is 6.30. The SMILES string of the molecule is Cc1cc2n(n1)CCN2C(=O)CCC(=O)Nc1cc(-c2cccc(Cl)c2)no1. The summed E-state index contributed by atoms with van der Waals surface area (Å²) in [6.07, 6.45) is 0.154. The number of hydrogen-bond donors (Lipinski definition) is 1. The molecule has 2 amide bonds. The zero-order valence-corrected chi connectivity index (χ0v) is 15.9. The number of benzene rings is 1. The van der Waals surface area contributed by atoms with Crippen molar-refractivity contribution in [3.63, 3.8) is 0 Å². The van der Waals surface area contributed by atoms with Crippen LogP contribution < -0.4 is 10.2 Å². The van der Waals surface area contributed by atoms with Crippen molar-refractivity contribution in [1.82, 2.24) is 14.9 Å². The molecule has 3 heterocycles. The molecule has 28 heavy (non-hydrogen) atoms. The Morgan fingerprint density at radius 2 is 2.07 bits per heavy atom. The number of carbonyl (C=O) groups excluding carboxylic acids is 2. The molecule has 3 aromatic rings. The van der Waals surface area contributed by atoms with Crippen LogP contribution in [0.1, 0.15) is 18.5 Å². The lowest BCUT2D eigenvalue weighted by Gasteiger charge is -2.14. The van der Waals surface area contributed by atoms with Crippen LogP contribution in [0, 0.1) is 6.92 Å². The minimum Gasteiger partial charge on any atom is -0.338 e. The normalized spacial score (nSPS) is 12.9. The number of rotatable bonds is 5. The maximum Gasteiger partial charge on any atom is 0.231 e. The lowest BCUT2D eigenvalue weighted by atomic mass is 10.1. The number of carbonyl (C=O) groups is 2. The highest BCUT2D eigenvalue weighted by Crippen LogP contribution is 2.25. The summed E-state index contributed by atoms with van der Waals surface area (Å²) >= 11 is 5.97. The van der Waals surface area contributed by atoms with E-state index in [2.05, 4.69) is 15.6 Å². The van der Waals surface area contributed by atoms with Crippen molar-refractivity contribution in [1.29, 1.82) is 0 Å². The van der Waals surface area contributed by atoms with Crippen LogP contribution in [0.25, 0.3) is 11.3 Å². The first-order valence-electron chi connectivity index (χ1n) is 8.87. The molecule has 0 atom stereocenters. The molecule has 1 aliphatic rings. The van der Waals surface area contributed by atoms with Gasteiger partial charge in [-0.1, -0.05) is 28.9 Å². The Balaban J connectivity index is 1.32. The number of hydrogen-bond acceptors (Lipinski definition) is 5. The number of anilines is 2. The van der Waals surface area contributed by atoms with Crippen molar-refractivity contribution < 1.29 is 14.1 Å². The molecule has 1 aromatic carbocycles. The maximum atomic E-state index is 12.5. The molecule has 0 spiro atoms. The summed E-state index contributed by atoms with van der Waals surface area (Å²) in [5, 5.41) is 11.5. The van der Waals surface area contributed by atoms with E-state index in [1.54, 1.807) is 27.8 Å². The Bertz CT molecular complexity index is 1040.